The quantitative estimate of drug-likeness (QED) is 0.883. The fourth-order valence-corrected chi connectivity index (χ4v) is 4.37. The molecule has 3 fully saturated rings. The summed E-state index contributed by atoms with van der Waals surface area (Å²) >= 11 is 0. The van der Waals surface area contributed by atoms with Gasteiger partial charge in [-0.15, -0.1) is 0 Å². The van der Waals surface area contributed by atoms with Crippen LogP contribution in [-0.2, 0) is 16.0 Å². The molecule has 0 aromatic carbocycles. The third kappa shape index (κ3) is 2.90. The molecule has 1 aromatic heterocycles. The first kappa shape index (κ1) is 15.6. The van der Waals surface area contributed by atoms with Crippen molar-refractivity contribution in [1.82, 2.24) is 15.8 Å². The number of hydrogen-bond acceptors (Lipinski definition) is 4. The number of nitrogens with one attached hydrogen (secondary N) is 2. The number of aromatic nitrogens is 1. The van der Waals surface area contributed by atoms with E-state index >= 15 is 0 Å². The zero-order valence-corrected chi connectivity index (χ0v) is 13.8. The van der Waals surface area contributed by atoms with Crippen LogP contribution in [0.2, 0.25) is 0 Å². The Bertz CT molecular complexity index is 630. The Morgan fingerprint density at radius 3 is 2.79 bits per heavy atom. The molecule has 1 saturated carbocycles. The first-order valence-corrected chi connectivity index (χ1v) is 9.03. The molecule has 6 nitrogen and oxygen atoms in total. The minimum Gasteiger partial charge on any atom is -0.297 e. The summed E-state index contributed by atoms with van der Waals surface area (Å²) in [5.41, 5.74) is 7.19. The van der Waals surface area contributed by atoms with Crippen LogP contribution < -0.4 is 15.8 Å². The van der Waals surface area contributed by atoms with E-state index < -0.39 is 0 Å². The minimum absolute atomic E-state index is 0.150. The molecule has 2 aliphatic heterocycles. The molecule has 0 bridgehead atoms. The van der Waals surface area contributed by atoms with E-state index in [0.717, 1.165) is 50.0 Å². The summed E-state index contributed by atoms with van der Waals surface area (Å²) in [4.78, 5) is 30.1. The molecule has 0 spiro atoms. The molecule has 3 atom stereocenters. The number of fused-ring (bicyclic) bond motifs is 1. The molecule has 2 saturated heterocycles. The molecule has 1 aromatic rings. The predicted molar refractivity (Wildman–Crippen MR) is 90.0 cm³/mol. The summed E-state index contributed by atoms with van der Waals surface area (Å²) in [5.74, 6) is 1.63. The zero-order valence-electron chi connectivity index (χ0n) is 13.8. The Balaban J connectivity index is 1.45. The molecule has 4 rings (SSSR count). The Morgan fingerprint density at radius 2 is 2.04 bits per heavy atom. The normalized spacial score (nSPS) is 30.2. The number of carbonyl (C=O) groups excluding carboxylic acids is 2. The van der Waals surface area contributed by atoms with Crippen LogP contribution in [0.1, 0.15) is 44.1 Å². The summed E-state index contributed by atoms with van der Waals surface area (Å²) in [6.45, 7) is 0.769. The van der Waals surface area contributed by atoms with Gasteiger partial charge in [0.2, 0.25) is 11.8 Å². The van der Waals surface area contributed by atoms with Crippen LogP contribution >= 0.6 is 0 Å². The highest BCUT2D eigenvalue weighted by atomic mass is 16.2. The lowest BCUT2D eigenvalue weighted by Crippen LogP contribution is -2.60. The molecule has 2 N–H and O–H groups in total. The second-order valence-corrected chi connectivity index (χ2v) is 7.17. The van der Waals surface area contributed by atoms with E-state index in [9.17, 15) is 9.59 Å². The molecule has 3 aliphatic rings. The lowest BCUT2D eigenvalue weighted by atomic mass is 9.72. The van der Waals surface area contributed by atoms with Crippen molar-refractivity contribution in [2.45, 2.75) is 51.0 Å². The van der Waals surface area contributed by atoms with E-state index in [2.05, 4.69) is 21.9 Å². The number of pyridine rings is 1. The Labute approximate surface area is 142 Å². The second kappa shape index (κ2) is 6.51. The topological polar surface area (TPSA) is 74.3 Å². The molecule has 1 aliphatic carbocycles. The number of amides is 2. The van der Waals surface area contributed by atoms with E-state index in [1.54, 1.807) is 4.90 Å². The van der Waals surface area contributed by atoms with Gasteiger partial charge in [0.15, 0.2) is 0 Å². The van der Waals surface area contributed by atoms with E-state index in [0.29, 0.717) is 12.3 Å². The highest BCUT2D eigenvalue weighted by molar-refractivity contribution is 5.94. The Morgan fingerprint density at radius 1 is 1.17 bits per heavy atom. The van der Waals surface area contributed by atoms with Crippen LogP contribution in [0, 0.1) is 11.8 Å². The van der Waals surface area contributed by atoms with Crippen LogP contribution in [0.4, 0.5) is 5.82 Å². The van der Waals surface area contributed by atoms with Gasteiger partial charge in [-0.2, -0.15) is 0 Å². The maximum atomic E-state index is 12.0. The molecule has 128 valence electrons. The molecule has 3 unspecified atom stereocenters. The van der Waals surface area contributed by atoms with Crippen LogP contribution in [-0.4, -0.2) is 29.4 Å². The Kier molecular flexibility index (Phi) is 4.22. The highest BCUT2D eigenvalue weighted by Gasteiger charge is 2.39. The van der Waals surface area contributed by atoms with Crippen molar-refractivity contribution >= 4 is 17.6 Å². The lowest BCUT2D eigenvalue weighted by molar-refractivity contribution is -0.133. The number of carbonyl (C=O) groups is 2. The molecule has 24 heavy (non-hydrogen) atoms. The van der Waals surface area contributed by atoms with E-state index in [-0.39, 0.29) is 23.8 Å². The summed E-state index contributed by atoms with van der Waals surface area (Å²) < 4.78 is 0. The van der Waals surface area contributed by atoms with Crippen molar-refractivity contribution in [1.29, 1.82) is 0 Å². The van der Waals surface area contributed by atoms with Gasteiger partial charge < -0.3 is 0 Å². The van der Waals surface area contributed by atoms with Gasteiger partial charge in [0, 0.05) is 31.1 Å². The summed E-state index contributed by atoms with van der Waals surface area (Å²) in [6, 6.07) is 4.26. The van der Waals surface area contributed by atoms with Crippen molar-refractivity contribution in [3.05, 3.63) is 23.9 Å². The first-order chi connectivity index (χ1) is 11.7. The van der Waals surface area contributed by atoms with Gasteiger partial charge in [-0.05, 0) is 43.2 Å². The molecule has 3 heterocycles. The van der Waals surface area contributed by atoms with Crippen LogP contribution in [0.3, 0.4) is 0 Å². The summed E-state index contributed by atoms with van der Waals surface area (Å²) in [5, 5.41) is 0. The van der Waals surface area contributed by atoms with Crippen LogP contribution in [0.15, 0.2) is 18.3 Å². The third-order valence-electron chi connectivity index (χ3n) is 5.67. The number of nitrogens with zero attached hydrogens (tertiary/aromatic N) is 2. The van der Waals surface area contributed by atoms with Crippen LogP contribution in [0.25, 0.3) is 0 Å². The lowest BCUT2D eigenvalue weighted by Gasteiger charge is -2.41. The average molecular weight is 328 g/mol. The SMILES string of the molecule is O=C1NNC(Cc2ccc(N3CCCC3=O)nc2)C2CCCCC12. The summed E-state index contributed by atoms with van der Waals surface area (Å²) in [6.07, 6.45) is 8.74. The number of hydrogen-bond donors (Lipinski definition) is 2. The standard InChI is InChI=1S/C18H24N4O2/c23-17-6-3-9-22(17)16-8-7-12(11-19-16)10-15-13-4-1-2-5-14(13)18(24)21-20-15/h7-8,11,13-15,20H,1-6,9-10H2,(H,21,24). The van der Waals surface area contributed by atoms with Crippen molar-refractivity contribution in [3.63, 3.8) is 0 Å². The predicted octanol–water partition coefficient (Wildman–Crippen LogP) is 1.56. The van der Waals surface area contributed by atoms with Gasteiger partial charge in [0.05, 0.1) is 0 Å². The number of hydrazine groups is 1. The van der Waals surface area contributed by atoms with Crippen molar-refractivity contribution in [2.75, 3.05) is 11.4 Å². The largest absolute Gasteiger partial charge is 0.297 e. The fourth-order valence-electron chi connectivity index (χ4n) is 4.37. The Hall–Kier alpha value is -1.95. The van der Waals surface area contributed by atoms with Gasteiger partial charge in [0.1, 0.15) is 5.82 Å². The summed E-state index contributed by atoms with van der Waals surface area (Å²) in [7, 11) is 0. The van der Waals surface area contributed by atoms with Crippen molar-refractivity contribution in [2.24, 2.45) is 11.8 Å². The van der Waals surface area contributed by atoms with E-state index in [1.807, 2.05) is 12.3 Å². The molecule has 2 amide bonds. The number of anilines is 1. The zero-order chi connectivity index (χ0) is 16.5. The van der Waals surface area contributed by atoms with Gasteiger partial charge >= 0.3 is 0 Å². The van der Waals surface area contributed by atoms with Crippen molar-refractivity contribution < 1.29 is 9.59 Å². The minimum atomic E-state index is 0.150. The molecular weight excluding hydrogens is 304 g/mol. The highest BCUT2D eigenvalue weighted by Crippen LogP contribution is 2.35. The first-order valence-electron chi connectivity index (χ1n) is 9.03. The third-order valence-corrected chi connectivity index (χ3v) is 5.67. The second-order valence-electron chi connectivity index (χ2n) is 7.17. The van der Waals surface area contributed by atoms with Gasteiger partial charge in [-0.3, -0.25) is 19.9 Å². The van der Waals surface area contributed by atoms with Gasteiger partial charge in [-0.1, -0.05) is 18.9 Å². The number of rotatable bonds is 3. The molecule has 0 radical (unpaired) electrons. The van der Waals surface area contributed by atoms with Crippen LogP contribution in [0.5, 0.6) is 0 Å². The fraction of sp³-hybridized carbons (Fsp3) is 0.611. The smallest absolute Gasteiger partial charge is 0.237 e. The van der Waals surface area contributed by atoms with Gasteiger partial charge in [-0.25, -0.2) is 10.4 Å². The maximum absolute atomic E-state index is 12.0. The average Bonchev–Trinajstić information content (AvgIpc) is 3.04. The molecular formula is C18H24N4O2. The maximum Gasteiger partial charge on any atom is 0.237 e. The van der Waals surface area contributed by atoms with E-state index in [4.69, 9.17) is 0 Å². The monoisotopic (exact) mass is 328 g/mol. The van der Waals surface area contributed by atoms with Crippen molar-refractivity contribution in [3.8, 4) is 0 Å². The molecule has 6 heteroatoms. The van der Waals surface area contributed by atoms with Gasteiger partial charge in [0.25, 0.3) is 0 Å². The van der Waals surface area contributed by atoms with E-state index in [1.165, 1.54) is 6.42 Å².